The molecule has 17 heavy (non-hydrogen) atoms. The average Bonchev–Trinajstić information content (AvgIpc) is 2.32. The Morgan fingerprint density at radius 1 is 1.29 bits per heavy atom. The van der Waals surface area contributed by atoms with E-state index in [2.05, 4.69) is 25.7 Å². The highest BCUT2D eigenvalue weighted by Crippen LogP contribution is 2.10. The summed E-state index contributed by atoms with van der Waals surface area (Å²) in [6.07, 6.45) is 1.68. The molecule has 2 atom stereocenters. The smallest absolute Gasteiger partial charge is 0.223 e. The van der Waals surface area contributed by atoms with Crippen LogP contribution in [0.3, 0.4) is 0 Å². The van der Waals surface area contributed by atoms with E-state index in [1.54, 1.807) is 19.0 Å². The standard InChI is InChI=1S/C13H29N3O/c1-6-11(3)10-16(7-2)12(9-14)8-13(17)15(4)5/h11-12H,6-10,14H2,1-5H3. The summed E-state index contributed by atoms with van der Waals surface area (Å²) in [6, 6.07) is 0.170. The summed E-state index contributed by atoms with van der Waals surface area (Å²) < 4.78 is 0. The SMILES string of the molecule is CCC(C)CN(CC)C(CN)CC(=O)N(C)C. The molecule has 0 saturated carbocycles. The Morgan fingerprint density at radius 3 is 2.24 bits per heavy atom. The molecule has 0 radical (unpaired) electrons. The van der Waals surface area contributed by atoms with Gasteiger partial charge in [-0.25, -0.2) is 0 Å². The lowest BCUT2D eigenvalue weighted by Crippen LogP contribution is -2.45. The van der Waals surface area contributed by atoms with E-state index in [0.29, 0.717) is 18.9 Å². The maximum atomic E-state index is 11.7. The van der Waals surface area contributed by atoms with Crippen molar-refractivity contribution < 1.29 is 4.79 Å². The van der Waals surface area contributed by atoms with Crippen molar-refractivity contribution >= 4 is 5.91 Å². The van der Waals surface area contributed by atoms with Crippen LogP contribution in [0.15, 0.2) is 0 Å². The predicted molar refractivity (Wildman–Crippen MR) is 72.9 cm³/mol. The fraction of sp³-hybridized carbons (Fsp3) is 0.923. The number of carbonyl (C=O) groups excluding carboxylic acids is 1. The van der Waals surface area contributed by atoms with Crippen molar-refractivity contribution in [2.24, 2.45) is 11.7 Å². The van der Waals surface area contributed by atoms with Crippen molar-refractivity contribution in [3.05, 3.63) is 0 Å². The quantitative estimate of drug-likeness (QED) is 0.696. The summed E-state index contributed by atoms with van der Waals surface area (Å²) >= 11 is 0. The number of nitrogens with zero attached hydrogens (tertiary/aromatic N) is 2. The van der Waals surface area contributed by atoms with Gasteiger partial charge in [0, 0.05) is 39.6 Å². The molecule has 4 heteroatoms. The van der Waals surface area contributed by atoms with Crippen LogP contribution in [0.25, 0.3) is 0 Å². The van der Waals surface area contributed by atoms with E-state index in [4.69, 9.17) is 5.73 Å². The number of amides is 1. The highest BCUT2D eigenvalue weighted by atomic mass is 16.2. The molecule has 0 aliphatic rings. The molecule has 0 aliphatic heterocycles. The lowest BCUT2D eigenvalue weighted by Gasteiger charge is -2.32. The minimum atomic E-state index is 0.156. The molecule has 0 saturated heterocycles. The molecule has 0 heterocycles. The van der Waals surface area contributed by atoms with Gasteiger partial charge in [-0.05, 0) is 12.5 Å². The van der Waals surface area contributed by atoms with Crippen molar-refractivity contribution in [3.63, 3.8) is 0 Å². The second kappa shape index (κ2) is 8.48. The lowest BCUT2D eigenvalue weighted by atomic mass is 10.1. The normalized spacial score (nSPS) is 14.8. The Morgan fingerprint density at radius 2 is 1.88 bits per heavy atom. The van der Waals surface area contributed by atoms with E-state index in [1.165, 1.54) is 0 Å². The highest BCUT2D eigenvalue weighted by molar-refractivity contribution is 5.76. The Hall–Kier alpha value is -0.610. The van der Waals surface area contributed by atoms with Crippen molar-refractivity contribution in [1.82, 2.24) is 9.80 Å². The Kier molecular flexibility index (Phi) is 8.17. The fourth-order valence-corrected chi connectivity index (χ4v) is 1.81. The van der Waals surface area contributed by atoms with E-state index < -0.39 is 0 Å². The van der Waals surface area contributed by atoms with Crippen LogP contribution in [0.1, 0.15) is 33.6 Å². The summed E-state index contributed by atoms with van der Waals surface area (Å²) in [5.74, 6) is 0.807. The monoisotopic (exact) mass is 243 g/mol. The van der Waals surface area contributed by atoms with Crippen molar-refractivity contribution in [3.8, 4) is 0 Å². The second-order valence-electron chi connectivity index (χ2n) is 4.98. The number of likely N-dealkylation sites (N-methyl/N-ethyl adjacent to an activating group) is 1. The van der Waals surface area contributed by atoms with Gasteiger partial charge in [-0.2, -0.15) is 0 Å². The molecule has 2 N–H and O–H groups in total. The molecule has 0 fully saturated rings. The molecular weight excluding hydrogens is 214 g/mol. The van der Waals surface area contributed by atoms with Gasteiger partial charge in [0.25, 0.3) is 0 Å². The van der Waals surface area contributed by atoms with Crippen LogP contribution in [0.5, 0.6) is 0 Å². The molecule has 0 bridgehead atoms. The van der Waals surface area contributed by atoms with Gasteiger partial charge in [-0.1, -0.05) is 27.2 Å². The molecule has 0 aromatic carbocycles. The molecule has 0 aliphatic carbocycles. The van der Waals surface area contributed by atoms with Gasteiger partial charge in [0.15, 0.2) is 0 Å². The Labute approximate surface area is 106 Å². The zero-order valence-electron chi connectivity index (χ0n) is 12.1. The van der Waals surface area contributed by atoms with Crippen LogP contribution in [-0.2, 0) is 4.79 Å². The Bertz CT molecular complexity index is 219. The van der Waals surface area contributed by atoms with Gasteiger partial charge in [0.05, 0.1) is 0 Å². The first-order valence-corrected chi connectivity index (χ1v) is 6.60. The van der Waals surface area contributed by atoms with Crippen LogP contribution in [0, 0.1) is 5.92 Å². The van der Waals surface area contributed by atoms with E-state index in [1.807, 2.05) is 0 Å². The lowest BCUT2D eigenvalue weighted by molar-refractivity contribution is -0.130. The summed E-state index contributed by atoms with van der Waals surface area (Å²) in [5, 5.41) is 0. The number of rotatable bonds is 8. The van der Waals surface area contributed by atoms with E-state index in [-0.39, 0.29) is 11.9 Å². The van der Waals surface area contributed by atoms with E-state index in [0.717, 1.165) is 19.5 Å². The first-order chi connectivity index (χ1) is 7.96. The number of hydrogen-bond acceptors (Lipinski definition) is 3. The van der Waals surface area contributed by atoms with Crippen molar-refractivity contribution in [2.45, 2.75) is 39.7 Å². The third kappa shape index (κ3) is 6.03. The van der Waals surface area contributed by atoms with E-state index >= 15 is 0 Å². The Balaban J connectivity index is 4.42. The third-order valence-electron chi connectivity index (χ3n) is 3.35. The van der Waals surface area contributed by atoms with Crippen molar-refractivity contribution in [2.75, 3.05) is 33.7 Å². The van der Waals surface area contributed by atoms with Gasteiger partial charge in [-0.15, -0.1) is 0 Å². The largest absolute Gasteiger partial charge is 0.349 e. The molecule has 0 aromatic heterocycles. The molecule has 0 aromatic rings. The second-order valence-corrected chi connectivity index (χ2v) is 4.98. The fourth-order valence-electron chi connectivity index (χ4n) is 1.81. The molecule has 1 amide bonds. The number of nitrogens with two attached hydrogens (primary N) is 1. The average molecular weight is 243 g/mol. The molecule has 0 rings (SSSR count). The maximum Gasteiger partial charge on any atom is 0.223 e. The van der Waals surface area contributed by atoms with Crippen LogP contribution < -0.4 is 5.73 Å². The first kappa shape index (κ1) is 16.4. The highest BCUT2D eigenvalue weighted by Gasteiger charge is 2.21. The van der Waals surface area contributed by atoms with Crippen molar-refractivity contribution in [1.29, 1.82) is 0 Å². The van der Waals surface area contributed by atoms with Gasteiger partial charge in [-0.3, -0.25) is 9.69 Å². The third-order valence-corrected chi connectivity index (χ3v) is 3.35. The topological polar surface area (TPSA) is 49.6 Å². The van der Waals surface area contributed by atoms with E-state index in [9.17, 15) is 4.79 Å². The summed E-state index contributed by atoms with van der Waals surface area (Å²) in [6.45, 7) is 9.09. The number of hydrogen-bond donors (Lipinski definition) is 1. The number of carbonyl (C=O) groups is 1. The molecule has 0 spiro atoms. The minimum Gasteiger partial charge on any atom is -0.349 e. The zero-order chi connectivity index (χ0) is 13.4. The maximum absolute atomic E-state index is 11.7. The van der Waals surface area contributed by atoms with Gasteiger partial charge < -0.3 is 10.6 Å². The molecule has 2 unspecified atom stereocenters. The van der Waals surface area contributed by atoms with Gasteiger partial charge in [0.2, 0.25) is 5.91 Å². The van der Waals surface area contributed by atoms with Crippen LogP contribution in [0.2, 0.25) is 0 Å². The summed E-state index contributed by atoms with van der Waals surface area (Å²) in [7, 11) is 3.59. The predicted octanol–water partition coefficient (Wildman–Crippen LogP) is 1.16. The van der Waals surface area contributed by atoms with Crippen LogP contribution >= 0.6 is 0 Å². The molecule has 4 nitrogen and oxygen atoms in total. The summed E-state index contributed by atoms with van der Waals surface area (Å²) in [5.41, 5.74) is 5.80. The van der Waals surface area contributed by atoms with Crippen LogP contribution in [-0.4, -0.2) is 55.5 Å². The molecular formula is C13H29N3O. The van der Waals surface area contributed by atoms with Gasteiger partial charge >= 0.3 is 0 Å². The van der Waals surface area contributed by atoms with Crippen LogP contribution in [0.4, 0.5) is 0 Å². The minimum absolute atomic E-state index is 0.156. The summed E-state index contributed by atoms with van der Waals surface area (Å²) in [4.78, 5) is 15.7. The zero-order valence-corrected chi connectivity index (χ0v) is 12.1. The molecule has 102 valence electrons. The first-order valence-electron chi connectivity index (χ1n) is 6.60. The van der Waals surface area contributed by atoms with Gasteiger partial charge in [0.1, 0.15) is 0 Å².